The molecule has 19 heavy (non-hydrogen) atoms. The summed E-state index contributed by atoms with van der Waals surface area (Å²) in [6.45, 7) is 0. The summed E-state index contributed by atoms with van der Waals surface area (Å²) >= 11 is 0. The number of hydrogen-bond acceptors (Lipinski definition) is 2. The Labute approximate surface area is 112 Å². The zero-order valence-corrected chi connectivity index (χ0v) is 10.8. The summed E-state index contributed by atoms with van der Waals surface area (Å²) in [7, 11) is 1.83. The summed E-state index contributed by atoms with van der Waals surface area (Å²) in [5.41, 5.74) is 3.39. The van der Waals surface area contributed by atoms with Crippen LogP contribution in [0.1, 0.15) is 17.5 Å². The monoisotopic (exact) mass is 253 g/mol. The second-order valence-electron chi connectivity index (χ2n) is 4.67. The fraction of sp³-hybridized carbons (Fsp3) is 0.200. The van der Waals surface area contributed by atoms with Crippen molar-refractivity contribution in [2.24, 2.45) is 0 Å². The molecular weight excluding hydrogens is 238 g/mol. The van der Waals surface area contributed by atoms with Crippen LogP contribution in [0.5, 0.6) is 0 Å². The first kappa shape index (κ1) is 11.7. The highest BCUT2D eigenvalue weighted by Gasteiger charge is 2.20. The van der Waals surface area contributed by atoms with Gasteiger partial charge in [0.15, 0.2) is 0 Å². The van der Waals surface area contributed by atoms with Crippen molar-refractivity contribution in [3.8, 4) is 0 Å². The SMILES string of the molecule is CN1C(=O)CCc2cc(/C=C/n3ccnc3)ccc21. The lowest BCUT2D eigenvalue weighted by Gasteiger charge is -2.25. The molecule has 2 aromatic rings. The molecule has 0 unspecified atom stereocenters. The van der Waals surface area contributed by atoms with Gasteiger partial charge in [0.2, 0.25) is 5.91 Å². The largest absolute Gasteiger partial charge is 0.315 e. The van der Waals surface area contributed by atoms with Gasteiger partial charge in [0.1, 0.15) is 0 Å². The quantitative estimate of drug-likeness (QED) is 0.824. The Morgan fingerprint density at radius 3 is 3.00 bits per heavy atom. The van der Waals surface area contributed by atoms with Crippen molar-refractivity contribution in [2.45, 2.75) is 12.8 Å². The van der Waals surface area contributed by atoms with Gasteiger partial charge < -0.3 is 9.47 Å². The van der Waals surface area contributed by atoms with Crippen LogP contribution in [-0.2, 0) is 11.2 Å². The van der Waals surface area contributed by atoms with Gasteiger partial charge in [-0.2, -0.15) is 0 Å². The molecular formula is C15H15N3O. The van der Waals surface area contributed by atoms with E-state index in [2.05, 4.69) is 11.1 Å². The van der Waals surface area contributed by atoms with Crippen LogP contribution in [0.2, 0.25) is 0 Å². The molecule has 0 saturated heterocycles. The fourth-order valence-electron chi connectivity index (χ4n) is 2.31. The third-order valence-electron chi connectivity index (χ3n) is 3.41. The number of rotatable bonds is 2. The number of benzene rings is 1. The molecule has 1 amide bonds. The first-order chi connectivity index (χ1) is 9.24. The van der Waals surface area contributed by atoms with Gasteiger partial charge in [0, 0.05) is 37.7 Å². The van der Waals surface area contributed by atoms with Crippen molar-refractivity contribution in [3.63, 3.8) is 0 Å². The molecule has 96 valence electrons. The van der Waals surface area contributed by atoms with E-state index in [9.17, 15) is 4.79 Å². The van der Waals surface area contributed by atoms with E-state index in [0.29, 0.717) is 6.42 Å². The van der Waals surface area contributed by atoms with Gasteiger partial charge in [0.05, 0.1) is 6.33 Å². The van der Waals surface area contributed by atoms with Crippen LogP contribution in [0.3, 0.4) is 0 Å². The highest BCUT2D eigenvalue weighted by molar-refractivity contribution is 5.96. The molecule has 2 heterocycles. The third-order valence-corrected chi connectivity index (χ3v) is 3.41. The molecule has 0 radical (unpaired) electrons. The maximum absolute atomic E-state index is 11.6. The fourth-order valence-corrected chi connectivity index (χ4v) is 2.31. The topological polar surface area (TPSA) is 38.1 Å². The highest BCUT2D eigenvalue weighted by Crippen LogP contribution is 2.27. The number of aryl methyl sites for hydroxylation is 1. The minimum Gasteiger partial charge on any atom is -0.315 e. The van der Waals surface area contributed by atoms with Crippen molar-refractivity contribution in [1.82, 2.24) is 9.55 Å². The number of nitrogens with zero attached hydrogens (tertiary/aromatic N) is 3. The first-order valence-electron chi connectivity index (χ1n) is 6.29. The Morgan fingerprint density at radius 1 is 1.32 bits per heavy atom. The van der Waals surface area contributed by atoms with E-state index in [0.717, 1.165) is 17.7 Å². The number of amides is 1. The van der Waals surface area contributed by atoms with Gasteiger partial charge in [0.25, 0.3) is 0 Å². The smallest absolute Gasteiger partial charge is 0.227 e. The minimum atomic E-state index is 0.189. The van der Waals surface area contributed by atoms with Gasteiger partial charge in [-0.05, 0) is 35.8 Å². The van der Waals surface area contributed by atoms with Crippen molar-refractivity contribution in [1.29, 1.82) is 0 Å². The van der Waals surface area contributed by atoms with Crippen LogP contribution < -0.4 is 4.90 Å². The van der Waals surface area contributed by atoms with E-state index in [1.165, 1.54) is 5.56 Å². The minimum absolute atomic E-state index is 0.189. The summed E-state index contributed by atoms with van der Waals surface area (Å²) in [5, 5.41) is 0. The predicted octanol–water partition coefficient (Wildman–Crippen LogP) is 2.42. The summed E-state index contributed by atoms with van der Waals surface area (Å²) in [6.07, 6.45) is 10.8. The van der Waals surface area contributed by atoms with E-state index in [1.54, 1.807) is 17.4 Å². The molecule has 3 rings (SSSR count). The molecule has 0 aliphatic carbocycles. The van der Waals surface area contributed by atoms with Gasteiger partial charge >= 0.3 is 0 Å². The molecule has 1 aliphatic rings. The second-order valence-corrected chi connectivity index (χ2v) is 4.67. The Kier molecular flexibility index (Phi) is 2.91. The molecule has 1 aliphatic heterocycles. The predicted molar refractivity (Wildman–Crippen MR) is 75.6 cm³/mol. The van der Waals surface area contributed by atoms with Crippen molar-refractivity contribution in [2.75, 3.05) is 11.9 Å². The lowest BCUT2D eigenvalue weighted by atomic mass is 9.99. The Hall–Kier alpha value is -2.36. The van der Waals surface area contributed by atoms with E-state index >= 15 is 0 Å². The number of anilines is 1. The second kappa shape index (κ2) is 4.72. The zero-order chi connectivity index (χ0) is 13.2. The number of fused-ring (bicyclic) bond motifs is 1. The van der Waals surface area contributed by atoms with E-state index in [4.69, 9.17) is 0 Å². The van der Waals surface area contributed by atoms with Crippen LogP contribution in [-0.4, -0.2) is 22.5 Å². The third kappa shape index (κ3) is 2.29. The average Bonchev–Trinajstić information content (AvgIpc) is 2.94. The number of aromatic nitrogens is 2. The lowest BCUT2D eigenvalue weighted by molar-refractivity contribution is -0.118. The van der Waals surface area contributed by atoms with E-state index < -0.39 is 0 Å². The molecule has 0 bridgehead atoms. The molecule has 4 nitrogen and oxygen atoms in total. The van der Waals surface area contributed by atoms with Crippen molar-refractivity contribution >= 4 is 23.9 Å². The average molecular weight is 253 g/mol. The van der Waals surface area contributed by atoms with Gasteiger partial charge in [-0.3, -0.25) is 4.79 Å². The lowest BCUT2D eigenvalue weighted by Crippen LogP contribution is -2.30. The maximum atomic E-state index is 11.6. The molecule has 0 spiro atoms. The molecule has 0 N–H and O–H groups in total. The molecule has 0 saturated carbocycles. The number of hydrogen-bond donors (Lipinski definition) is 0. The maximum Gasteiger partial charge on any atom is 0.227 e. The Bertz CT molecular complexity index is 629. The zero-order valence-electron chi connectivity index (χ0n) is 10.8. The molecule has 1 aromatic heterocycles. The van der Waals surface area contributed by atoms with Crippen LogP contribution >= 0.6 is 0 Å². The molecule has 0 atom stereocenters. The summed E-state index contributed by atoms with van der Waals surface area (Å²) in [6, 6.07) is 6.19. The summed E-state index contributed by atoms with van der Waals surface area (Å²) < 4.78 is 1.90. The Morgan fingerprint density at radius 2 is 2.21 bits per heavy atom. The molecule has 1 aromatic carbocycles. The van der Waals surface area contributed by atoms with Gasteiger partial charge in [-0.1, -0.05) is 6.07 Å². The van der Waals surface area contributed by atoms with Crippen molar-refractivity contribution < 1.29 is 4.79 Å². The van der Waals surface area contributed by atoms with Crippen LogP contribution in [0.25, 0.3) is 12.3 Å². The number of imidazole rings is 1. The normalized spacial score (nSPS) is 15.0. The number of carbonyl (C=O) groups is 1. The highest BCUT2D eigenvalue weighted by atomic mass is 16.2. The Balaban J connectivity index is 1.88. The van der Waals surface area contributed by atoms with Crippen molar-refractivity contribution in [3.05, 3.63) is 48.0 Å². The van der Waals surface area contributed by atoms with Crippen LogP contribution in [0.15, 0.2) is 36.9 Å². The van der Waals surface area contributed by atoms with E-state index in [-0.39, 0.29) is 5.91 Å². The molecule has 4 heteroatoms. The standard InChI is InChI=1S/C15H15N3O/c1-17-14-4-2-12(6-8-18-9-7-16-11-18)10-13(14)3-5-15(17)19/h2,4,6-11H,3,5H2,1H3/b8-6+. The first-order valence-corrected chi connectivity index (χ1v) is 6.29. The van der Waals surface area contributed by atoms with Crippen LogP contribution in [0.4, 0.5) is 5.69 Å². The van der Waals surface area contributed by atoms with Crippen LogP contribution in [0, 0.1) is 0 Å². The van der Waals surface area contributed by atoms with E-state index in [1.807, 2.05) is 42.2 Å². The van der Waals surface area contributed by atoms with Gasteiger partial charge in [-0.15, -0.1) is 0 Å². The molecule has 0 fully saturated rings. The van der Waals surface area contributed by atoms with Gasteiger partial charge in [-0.25, -0.2) is 4.98 Å². The summed E-state index contributed by atoms with van der Waals surface area (Å²) in [5.74, 6) is 0.189. The summed E-state index contributed by atoms with van der Waals surface area (Å²) in [4.78, 5) is 17.4. The number of carbonyl (C=O) groups excluding carboxylic acids is 1.